The van der Waals surface area contributed by atoms with E-state index in [4.69, 9.17) is 0 Å². The third-order valence-electron chi connectivity index (χ3n) is 2.68. The van der Waals surface area contributed by atoms with Gasteiger partial charge in [-0.05, 0) is 30.4 Å². The fourth-order valence-electron chi connectivity index (χ4n) is 1.79. The van der Waals surface area contributed by atoms with Gasteiger partial charge in [0.05, 0.1) is 0 Å². The molecule has 18 heavy (non-hydrogen) atoms. The summed E-state index contributed by atoms with van der Waals surface area (Å²) >= 11 is 4.62. The van der Waals surface area contributed by atoms with Crippen LogP contribution in [0.5, 0.6) is 0 Å². The fraction of sp³-hybridized carbons (Fsp3) is 0. The molecule has 2 aromatic carbocycles. The Morgan fingerprint density at radius 1 is 0.611 bits per heavy atom. The van der Waals surface area contributed by atoms with Crippen LogP contribution < -0.4 is 0 Å². The molecule has 0 aliphatic heterocycles. The maximum Gasteiger partial charge on any atom is -0.00401 e. The quantitative estimate of drug-likeness (QED) is 0.395. The first kappa shape index (κ1) is 13.8. The number of allylic oxidation sites excluding steroid dienone is 2. The van der Waals surface area contributed by atoms with E-state index < -0.39 is 0 Å². The first-order chi connectivity index (χ1) is 8.86. The third kappa shape index (κ3) is 3.23. The monoisotopic (exact) mass is 458 g/mol. The topological polar surface area (TPSA) is 0 Å². The Bertz CT molecular complexity index is 501. The van der Waals surface area contributed by atoms with Crippen LogP contribution in [0.4, 0.5) is 0 Å². The SMILES string of the molecule is IC=C(C(=CI)c1ccccc1)c1ccccc1. The summed E-state index contributed by atoms with van der Waals surface area (Å²) in [6.45, 7) is 0. The minimum atomic E-state index is 1.25. The van der Waals surface area contributed by atoms with Crippen LogP contribution in [0.15, 0.2) is 68.8 Å². The lowest BCUT2D eigenvalue weighted by molar-refractivity contribution is 1.59. The van der Waals surface area contributed by atoms with Crippen LogP contribution in [0.1, 0.15) is 11.1 Å². The molecule has 0 N–H and O–H groups in total. The molecule has 0 heterocycles. The van der Waals surface area contributed by atoms with Crippen molar-refractivity contribution in [2.24, 2.45) is 0 Å². The minimum absolute atomic E-state index is 1.25. The lowest BCUT2D eigenvalue weighted by Crippen LogP contribution is -1.89. The smallest absolute Gasteiger partial charge is 0.00401 e. The molecule has 0 aliphatic rings. The Kier molecular flexibility index (Phi) is 5.44. The Balaban J connectivity index is 2.45. The summed E-state index contributed by atoms with van der Waals surface area (Å²) in [5.41, 5.74) is 5.02. The molecule has 0 aliphatic carbocycles. The van der Waals surface area contributed by atoms with Gasteiger partial charge in [0.2, 0.25) is 0 Å². The second-order valence-corrected chi connectivity index (χ2v) is 5.02. The van der Waals surface area contributed by atoms with Gasteiger partial charge in [0.1, 0.15) is 0 Å². The molecule has 0 saturated heterocycles. The van der Waals surface area contributed by atoms with Crippen LogP contribution in [0.25, 0.3) is 11.1 Å². The van der Waals surface area contributed by atoms with Crippen LogP contribution >= 0.6 is 45.2 Å². The van der Waals surface area contributed by atoms with Crippen molar-refractivity contribution in [3.05, 3.63) is 80.0 Å². The molecule has 0 fully saturated rings. The minimum Gasteiger partial charge on any atom is -0.0622 e. The summed E-state index contributed by atoms with van der Waals surface area (Å²) < 4.78 is 4.29. The van der Waals surface area contributed by atoms with Crippen molar-refractivity contribution in [2.45, 2.75) is 0 Å². The lowest BCUT2D eigenvalue weighted by Gasteiger charge is -2.11. The van der Waals surface area contributed by atoms with Gasteiger partial charge in [-0.15, -0.1) is 0 Å². The Morgan fingerprint density at radius 3 is 1.22 bits per heavy atom. The fourth-order valence-corrected chi connectivity index (χ4v) is 3.18. The van der Waals surface area contributed by atoms with Gasteiger partial charge in [-0.1, -0.05) is 106 Å². The van der Waals surface area contributed by atoms with E-state index in [0.717, 1.165) is 0 Å². The van der Waals surface area contributed by atoms with Crippen molar-refractivity contribution in [3.63, 3.8) is 0 Å². The Labute approximate surface area is 135 Å². The maximum atomic E-state index is 2.31. The standard InChI is InChI=1S/C16H12I2/c17-11-15(13-7-3-1-4-8-13)16(12-18)14-9-5-2-6-10-14/h1-12H. The number of benzene rings is 2. The van der Waals surface area contributed by atoms with Gasteiger partial charge < -0.3 is 0 Å². The lowest BCUT2D eigenvalue weighted by atomic mass is 9.95. The summed E-state index contributed by atoms with van der Waals surface area (Å²) in [6, 6.07) is 21.0. The second kappa shape index (κ2) is 7.09. The number of rotatable bonds is 3. The van der Waals surface area contributed by atoms with E-state index in [2.05, 4.69) is 102 Å². The average Bonchev–Trinajstić information content (AvgIpc) is 2.46. The van der Waals surface area contributed by atoms with E-state index in [1.54, 1.807) is 0 Å². The molecule has 0 atom stereocenters. The van der Waals surface area contributed by atoms with E-state index in [1.165, 1.54) is 22.3 Å². The molecule has 0 nitrogen and oxygen atoms in total. The highest BCUT2D eigenvalue weighted by atomic mass is 127. The van der Waals surface area contributed by atoms with Gasteiger partial charge in [-0.3, -0.25) is 0 Å². The summed E-state index contributed by atoms with van der Waals surface area (Å²) in [7, 11) is 0. The van der Waals surface area contributed by atoms with Crippen LogP contribution in [0.2, 0.25) is 0 Å². The van der Waals surface area contributed by atoms with Crippen molar-refractivity contribution in [3.8, 4) is 0 Å². The molecule has 0 saturated carbocycles. The maximum absolute atomic E-state index is 2.31. The molecule has 0 radical (unpaired) electrons. The summed E-state index contributed by atoms with van der Waals surface area (Å²) in [5, 5.41) is 0. The molecule has 90 valence electrons. The highest BCUT2D eigenvalue weighted by Gasteiger charge is 2.08. The molecule has 0 bridgehead atoms. The molecular formula is C16H12I2. The van der Waals surface area contributed by atoms with Gasteiger partial charge in [-0.25, -0.2) is 0 Å². The molecule has 0 amide bonds. The van der Waals surface area contributed by atoms with Gasteiger partial charge >= 0.3 is 0 Å². The molecule has 0 unspecified atom stereocenters. The second-order valence-electron chi connectivity index (χ2n) is 3.78. The Morgan fingerprint density at radius 2 is 0.944 bits per heavy atom. The van der Waals surface area contributed by atoms with Crippen molar-refractivity contribution in [1.82, 2.24) is 0 Å². The van der Waals surface area contributed by atoms with E-state index in [0.29, 0.717) is 0 Å². The highest BCUT2D eigenvalue weighted by Crippen LogP contribution is 2.33. The van der Waals surface area contributed by atoms with E-state index in [-0.39, 0.29) is 0 Å². The highest BCUT2D eigenvalue weighted by molar-refractivity contribution is 14.1. The van der Waals surface area contributed by atoms with Crippen LogP contribution in [-0.2, 0) is 0 Å². The average molecular weight is 458 g/mol. The largest absolute Gasteiger partial charge is 0.0622 e. The van der Waals surface area contributed by atoms with Crippen molar-refractivity contribution in [1.29, 1.82) is 0 Å². The Hall–Kier alpha value is -0.620. The van der Waals surface area contributed by atoms with E-state index >= 15 is 0 Å². The van der Waals surface area contributed by atoms with Gasteiger partial charge in [0.15, 0.2) is 0 Å². The zero-order chi connectivity index (χ0) is 12.8. The third-order valence-corrected chi connectivity index (χ3v) is 3.92. The van der Waals surface area contributed by atoms with Crippen molar-refractivity contribution >= 4 is 56.3 Å². The normalized spacial score (nSPS) is 12.6. The molecule has 2 aromatic rings. The van der Waals surface area contributed by atoms with Crippen molar-refractivity contribution < 1.29 is 0 Å². The molecule has 2 heteroatoms. The number of halogens is 2. The number of hydrogen-bond acceptors (Lipinski definition) is 0. The van der Waals surface area contributed by atoms with Crippen LogP contribution in [-0.4, -0.2) is 0 Å². The zero-order valence-electron chi connectivity index (χ0n) is 9.68. The molecule has 0 aromatic heterocycles. The first-order valence-electron chi connectivity index (χ1n) is 5.59. The summed E-state index contributed by atoms with van der Waals surface area (Å²) in [5.74, 6) is 0. The predicted octanol–water partition coefficient (Wildman–Crippen LogP) is 5.94. The summed E-state index contributed by atoms with van der Waals surface area (Å²) in [4.78, 5) is 0. The van der Waals surface area contributed by atoms with Gasteiger partial charge in [0.25, 0.3) is 0 Å². The first-order valence-corrected chi connectivity index (χ1v) is 8.08. The van der Waals surface area contributed by atoms with Gasteiger partial charge in [0, 0.05) is 0 Å². The van der Waals surface area contributed by atoms with Crippen LogP contribution in [0.3, 0.4) is 0 Å². The number of hydrogen-bond donors (Lipinski definition) is 0. The molecule has 2 rings (SSSR count). The molecular weight excluding hydrogens is 446 g/mol. The van der Waals surface area contributed by atoms with E-state index in [1.807, 2.05) is 12.1 Å². The van der Waals surface area contributed by atoms with Crippen LogP contribution in [0, 0.1) is 0 Å². The summed E-state index contributed by atoms with van der Waals surface area (Å²) in [6.07, 6.45) is 0. The predicted molar refractivity (Wildman–Crippen MR) is 96.9 cm³/mol. The van der Waals surface area contributed by atoms with Crippen molar-refractivity contribution in [2.75, 3.05) is 0 Å². The molecule has 0 spiro atoms. The van der Waals surface area contributed by atoms with Gasteiger partial charge in [-0.2, -0.15) is 0 Å². The van der Waals surface area contributed by atoms with E-state index in [9.17, 15) is 0 Å². The zero-order valence-corrected chi connectivity index (χ0v) is 14.0.